The van der Waals surface area contributed by atoms with Crippen LogP contribution in [0, 0.1) is 0 Å². The number of nitrogens with zero attached hydrogens (tertiary/aromatic N) is 1. The van der Waals surface area contributed by atoms with Gasteiger partial charge >= 0.3 is 0 Å². The third-order valence-corrected chi connectivity index (χ3v) is 2.28. The topological polar surface area (TPSA) is 50.4 Å². The van der Waals surface area contributed by atoms with E-state index in [-0.39, 0.29) is 5.54 Å². The minimum Gasteiger partial charge on any atom is -0.370 e. The fraction of sp³-hybridized carbons (Fsp3) is 0.364. The van der Waals surface area contributed by atoms with Crippen LogP contribution >= 0.6 is 15.9 Å². The van der Waals surface area contributed by atoms with Crippen molar-refractivity contribution >= 4 is 27.6 Å². The maximum absolute atomic E-state index is 5.78. The van der Waals surface area contributed by atoms with Crippen molar-refractivity contribution < 1.29 is 0 Å². The van der Waals surface area contributed by atoms with Crippen molar-refractivity contribution in [2.24, 2.45) is 10.7 Å². The number of nitrogens with two attached hydrogens (primary N) is 1. The molecule has 0 heterocycles. The van der Waals surface area contributed by atoms with E-state index in [0.717, 1.165) is 10.2 Å². The average Bonchev–Trinajstić information content (AvgIpc) is 2.05. The molecule has 0 unspecified atom stereocenters. The van der Waals surface area contributed by atoms with Gasteiger partial charge in [0.2, 0.25) is 0 Å². The highest BCUT2D eigenvalue weighted by Gasteiger charge is 2.08. The lowest BCUT2D eigenvalue weighted by Crippen LogP contribution is -2.27. The van der Waals surface area contributed by atoms with E-state index >= 15 is 0 Å². The molecule has 0 aliphatic rings. The van der Waals surface area contributed by atoms with E-state index in [1.54, 1.807) is 0 Å². The van der Waals surface area contributed by atoms with Gasteiger partial charge in [-0.1, -0.05) is 12.1 Å². The third kappa shape index (κ3) is 4.34. The first-order valence-corrected chi connectivity index (χ1v) is 5.55. The first-order valence-electron chi connectivity index (χ1n) is 4.75. The number of para-hydroxylation sites is 1. The molecule has 3 nitrogen and oxygen atoms in total. The van der Waals surface area contributed by atoms with Crippen molar-refractivity contribution in [3.8, 4) is 0 Å². The van der Waals surface area contributed by atoms with Crippen molar-refractivity contribution in [3.05, 3.63) is 28.7 Å². The van der Waals surface area contributed by atoms with Gasteiger partial charge in [-0.05, 0) is 48.8 Å². The maximum atomic E-state index is 5.78. The van der Waals surface area contributed by atoms with Gasteiger partial charge in [-0.2, -0.15) is 0 Å². The van der Waals surface area contributed by atoms with Gasteiger partial charge < -0.3 is 11.1 Å². The molecular formula is C11H16BrN3. The van der Waals surface area contributed by atoms with E-state index in [1.165, 1.54) is 0 Å². The number of hydrogen-bond acceptors (Lipinski definition) is 1. The van der Waals surface area contributed by atoms with Gasteiger partial charge in [0.05, 0.1) is 11.2 Å². The fourth-order valence-electron chi connectivity index (χ4n) is 1.09. The van der Waals surface area contributed by atoms with Gasteiger partial charge in [-0.15, -0.1) is 0 Å². The number of hydrogen-bond donors (Lipinski definition) is 2. The van der Waals surface area contributed by atoms with Crippen LogP contribution in [0.15, 0.2) is 33.7 Å². The zero-order valence-corrected chi connectivity index (χ0v) is 10.8. The smallest absolute Gasteiger partial charge is 0.193 e. The van der Waals surface area contributed by atoms with Crippen LogP contribution in [0.4, 0.5) is 5.69 Å². The molecule has 15 heavy (non-hydrogen) atoms. The Bertz CT molecular complexity index is 366. The van der Waals surface area contributed by atoms with Crippen LogP contribution in [0.5, 0.6) is 0 Å². The van der Waals surface area contributed by atoms with Crippen LogP contribution in [0.25, 0.3) is 0 Å². The Hall–Kier alpha value is -1.03. The highest BCUT2D eigenvalue weighted by molar-refractivity contribution is 9.10. The number of guanidine groups is 1. The Balaban J connectivity index is 2.79. The van der Waals surface area contributed by atoms with Crippen molar-refractivity contribution in [3.63, 3.8) is 0 Å². The molecule has 0 aliphatic heterocycles. The van der Waals surface area contributed by atoms with Crippen LogP contribution in [0.2, 0.25) is 0 Å². The Labute approximate surface area is 98.9 Å². The molecule has 0 radical (unpaired) electrons. The maximum Gasteiger partial charge on any atom is 0.193 e. The van der Waals surface area contributed by atoms with Gasteiger partial charge in [0.25, 0.3) is 0 Å². The summed E-state index contributed by atoms with van der Waals surface area (Å²) in [7, 11) is 0. The molecule has 0 saturated carbocycles. The molecule has 4 heteroatoms. The van der Waals surface area contributed by atoms with Crippen molar-refractivity contribution in [1.82, 2.24) is 0 Å². The van der Waals surface area contributed by atoms with Crippen LogP contribution in [0.3, 0.4) is 0 Å². The molecule has 0 fully saturated rings. The summed E-state index contributed by atoms with van der Waals surface area (Å²) in [6.45, 7) is 6.00. The number of nitrogens with one attached hydrogen (secondary N) is 1. The van der Waals surface area contributed by atoms with E-state index < -0.39 is 0 Å². The summed E-state index contributed by atoms with van der Waals surface area (Å²) in [5, 5.41) is 3.05. The van der Waals surface area contributed by atoms with Crippen LogP contribution in [-0.2, 0) is 0 Å². The minimum atomic E-state index is -0.168. The Morgan fingerprint density at radius 3 is 2.47 bits per heavy atom. The second-order valence-electron chi connectivity index (χ2n) is 4.27. The molecule has 3 N–H and O–H groups in total. The lowest BCUT2D eigenvalue weighted by atomic mass is 10.1. The normalized spacial score (nSPS) is 12.7. The number of halogens is 1. The molecule has 0 amide bonds. The first-order chi connectivity index (χ1) is 6.88. The summed E-state index contributed by atoms with van der Waals surface area (Å²) in [4.78, 5) is 4.31. The molecule has 0 atom stereocenters. The molecule has 0 bridgehead atoms. The predicted molar refractivity (Wildman–Crippen MR) is 69.1 cm³/mol. The van der Waals surface area contributed by atoms with Crippen LogP contribution in [0.1, 0.15) is 20.8 Å². The van der Waals surface area contributed by atoms with E-state index in [4.69, 9.17) is 5.73 Å². The quantitative estimate of drug-likeness (QED) is 0.609. The van der Waals surface area contributed by atoms with Gasteiger partial charge in [0.15, 0.2) is 5.96 Å². The summed E-state index contributed by atoms with van der Waals surface area (Å²) in [5.74, 6) is 0.425. The Kier molecular flexibility index (Phi) is 3.74. The summed E-state index contributed by atoms with van der Waals surface area (Å²) in [5.41, 5.74) is 6.53. The fourth-order valence-corrected chi connectivity index (χ4v) is 1.47. The lowest BCUT2D eigenvalue weighted by Gasteiger charge is -2.15. The van der Waals surface area contributed by atoms with Gasteiger partial charge in [-0.25, -0.2) is 4.99 Å². The lowest BCUT2D eigenvalue weighted by molar-refractivity contribution is 0.583. The SMILES string of the molecule is CC(C)(C)N=C(N)Nc1ccccc1Br. The number of aliphatic imine (C=N–C) groups is 1. The molecule has 1 rings (SSSR count). The molecule has 0 aliphatic carbocycles. The van der Waals surface area contributed by atoms with Crippen molar-refractivity contribution in [2.45, 2.75) is 26.3 Å². The third-order valence-electron chi connectivity index (χ3n) is 1.59. The van der Waals surface area contributed by atoms with Crippen LogP contribution < -0.4 is 11.1 Å². The van der Waals surface area contributed by atoms with E-state index in [0.29, 0.717) is 5.96 Å². The van der Waals surface area contributed by atoms with Crippen LogP contribution in [-0.4, -0.2) is 11.5 Å². The van der Waals surface area contributed by atoms with E-state index in [9.17, 15) is 0 Å². The minimum absolute atomic E-state index is 0.168. The van der Waals surface area contributed by atoms with Gasteiger partial charge in [0, 0.05) is 4.47 Å². The summed E-state index contributed by atoms with van der Waals surface area (Å²) in [6.07, 6.45) is 0. The average molecular weight is 270 g/mol. The van der Waals surface area contributed by atoms with Crippen molar-refractivity contribution in [2.75, 3.05) is 5.32 Å². The zero-order chi connectivity index (χ0) is 11.5. The highest BCUT2D eigenvalue weighted by atomic mass is 79.9. The summed E-state index contributed by atoms with van der Waals surface area (Å²) < 4.78 is 0.969. The summed E-state index contributed by atoms with van der Waals surface area (Å²) >= 11 is 3.43. The molecular weight excluding hydrogens is 254 g/mol. The first kappa shape index (κ1) is 12.0. The van der Waals surface area contributed by atoms with E-state index in [2.05, 4.69) is 26.2 Å². The largest absolute Gasteiger partial charge is 0.370 e. The molecule has 0 saturated heterocycles. The second kappa shape index (κ2) is 4.66. The molecule has 82 valence electrons. The molecule has 0 aromatic heterocycles. The van der Waals surface area contributed by atoms with E-state index in [1.807, 2.05) is 45.0 Å². The predicted octanol–water partition coefficient (Wildman–Crippen LogP) is 2.97. The second-order valence-corrected chi connectivity index (χ2v) is 5.13. The molecule has 0 spiro atoms. The standard InChI is InChI=1S/C11H16BrN3/c1-11(2,3)15-10(13)14-9-7-5-4-6-8(9)12/h4-7H,1-3H3,(H3,13,14,15). The zero-order valence-electron chi connectivity index (χ0n) is 9.21. The monoisotopic (exact) mass is 269 g/mol. The Morgan fingerprint density at radius 2 is 1.93 bits per heavy atom. The number of rotatable bonds is 1. The number of benzene rings is 1. The number of anilines is 1. The highest BCUT2D eigenvalue weighted by Crippen LogP contribution is 2.21. The van der Waals surface area contributed by atoms with Crippen molar-refractivity contribution in [1.29, 1.82) is 0 Å². The Morgan fingerprint density at radius 1 is 1.33 bits per heavy atom. The van der Waals surface area contributed by atoms with Gasteiger partial charge in [-0.3, -0.25) is 0 Å². The molecule has 1 aromatic rings. The molecule has 1 aromatic carbocycles. The van der Waals surface area contributed by atoms with Gasteiger partial charge in [0.1, 0.15) is 0 Å². The summed E-state index contributed by atoms with van der Waals surface area (Å²) in [6, 6.07) is 7.78.